The van der Waals surface area contributed by atoms with Crippen molar-refractivity contribution in [3.8, 4) is 0 Å². The first-order valence-corrected chi connectivity index (χ1v) is 2.24. The maximum atomic E-state index is 8.66. The summed E-state index contributed by atoms with van der Waals surface area (Å²) >= 11 is 0. The zero-order chi connectivity index (χ0) is 4.50. The topological polar surface area (TPSA) is 115 Å². The summed E-state index contributed by atoms with van der Waals surface area (Å²) in [5.41, 5.74) is 0. The van der Waals surface area contributed by atoms with Crippen LogP contribution in [0.5, 0.6) is 0 Å². The second-order valence-electron chi connectivity index (χ2n) is 0.469. The largest absolute Gasteiger partial charge is 0.790 e. The van der Waals surface area contributed by atoms with Crippen LogP contribution in [0.2, 0.25) is 0 Å². The monoisotopic (exact) mass is 172 g/mol. The Kier molecular flexibility index (Phi) is 10.5. The van der Waals surface area contributed by atoms with E-state index in [9.17, 15) is 0 Å². The quantitative estimate of drug-likeness (QED) is 0.309. The minimum absolute atomic E-state index is 0. The molecule has 7 heavy (non-hydrogen) atoms. The Morgan fingerprint density at radius 1 is 1.43 bits per heavy atom. The Morgan fingerprint density at radius 2 is 1.43 bits per heavy atom. The summed E-state index contributed by atoms with van der Waals surface area (Å²) in [4.78, 5) is 24.3. The fraction of sp³-hybridized carbons (Fsp3) is 0. The van der Waals surface area contributed by atoms with E-state index in [-0.39, 0.29) is 22.0 Å². The van der Waals surface area contributed by atoms with Crippen molar-refractivity contribution < 1.29 is 41.2 Å². The number of hydrogen-bond acceptors (Lipinski definition) is 3. The van der Waals surface area contributed by atoms with Crippen LogP contribution in [-0.4, -0.2) is 10.4 Å². The predicted molar refractivity (Wildman–Crippen MR) is 13.4 cm³/mol. The van der Waals surface area contributed by atoms with E-state index >= 15 is 0 Å². The summed E-state index contributed by atoms with van der Waals surface area (Å²) in [7, 11) is -5.14. The van der Waals surface area contributed by atoms with Gasteiger partial charge in [-0.25, -0.2) is 0 Å². The van der Waals surface area contributed by atoms with Crippen LogP contribution >= 0.6 is 7.82 Å². The Bertz CT molecular complexity index is 54.2. The Balaban J connectivity index is -0.0000000800. The molecule has 0 bridgehead atoms. The van der Waals surface area contributed by atoms with E-state index in [2.05, 4.69) is 0 Å². The molecule has 0 heterocycles. The smallest absolute Gasteiger partial charge is 0.0557 e. The molecule has 5 nitrogen and oxygen atoms in total. The van der Waals surface area contributed by atoms with Crippen LogP contribution in [0.25, 0.3) is 0 Å². The SMILES string of the molecule is O.O=P([O-])([O-])O.[Ni]. The normalized spacial score (nSPS) is 8.43. The molecular weight excluding hydrogens is 170 g/mol. The van der Waals surface area contributed by atoms with Crippen LogP contribution in [0.15, 0.2) is 0 Å². The predicted octanol–water partition coefficient (Wildman–Crippen LogP) is -3.02. The molecule has 0 rings (SSSR count). The minimum atomic E-state index is -5.14. The molecule has 0 aromatic rings. The molecule has 50 valence electrons. The molecule has 7 heteroatoms. The molecule has 0 saturated carbocycles. The van der Waals surface area contributed by atoms with E-state index in [0.29, 0.717) is 0 Å². The minimum Gasteiger partial charge on any atom is -0.790 e. The van der Waals surface area contributed by atoms with Gasteiger partial charge in [-0.3, -0.25) is 0 Å². The van der Waals surface area contributed by atoms with Gasteiger partial charge in [0.15, 0.2) is 0 Å². The van der Waals surface area contributed by atoms with Gasteiger partial charge < -0.3 is 24.7 Å². The van der Waals surface area contributed by atoms with Crippen molar-refractivity contribution in [1.82, 2.24) is 0 Å². The van der Waals surface area contributed by atoms with Crippen LogP contribution in [0.3, 0.4) is 0 Å². The van der Waals surface area contributed by atoms with Crippen LogP contribution in [0, 0.1) is 0 Å². The third kappa shape index (κ3) is 430. The summed E-state index contributed by atoms with van der Waals surface area (Å²) in [6.45, 7) is 0. The average Bonchev–Trinajstić information content (AvgIpc) is 0.722. The molecule has 0 aromatic carbocycles. The first-order chi connectivity index (χ1) is 2.00. The van der Waals surface area contributed by atoms with Gasteiger partial charge in [0.05, 0.1) is 7.82 Å². The van der Waals surface area contributed by atoms with Gasteiger partial charge in [-0.05, 0) is 0 Å². The Morgan fingerprint density at radius 3 is 1.43 bits per heavy atom. The fourth-order valence-electron chi connectivity index (χ4n) is 0. The van der Waals surface area contributed by atoms with Crippen molar-refractivity contribution in [2.75, 3.05) is 0 Å². The molecule has 0 aliphatic heterocycles. The Labute approximate surface area is 49.8 Å². The van der Waals surface area contributed by atoms with E-state index in [1.54, 1.807) is 0 Å². The van der Waals surface area contributed by atoms with Crippen molar-refractivity contribution in [1.29, 1.82) is 0 Å². The summed E-state index contributed by atoms with van der Waals surface area (Å²) in [5.74, 6) is 0. The zero-order valence-electron chi connectivity index (χ0n) is 2.94. The van der Waals surface area contributed by atoms with Crippen LogP contribution < -0.4 is 9.79 Å². The maximum Gasteiger partial charge on any atom is 0.0557 e. The molecule has 0 atom stereocenters. The van der Waals surface area contributed by atoms with Crippen LogP contribution in [0.1, 0.15) is 0 Å². The van der Waals surface area contributed by atoms with E-state index in [1.165, 1.54) is 0 Å². The molecule has 0 spiro atoms. The standard InChI is InChI=1S/Ni.H3O4P.H2O/c;1-5(2,3)4;/h;(H3,1,2,3,4);1H2/p-2. The second-order valence-corrected chi connectivity index (χ2v) is 1.41. The van der Waals surface area contributed by atoms with Gasteiger partial charge >= 0.3 is 0 Å². The van der Waals surface area contributed by atoms with Gasteiger partial charge in [0.2, 0.25) is 0 Å². The number of phosphoric acid groups is 1. The first-order valence-electron chi connectivity index (χ1n) is 0.748. The molecule has 0 unspecified atom stereocenters. The Hall–Kier alpha value is 0.564. The molecule has 0 saturated heterocycles. The summed E-state index contributed by atoms with van der Waals surface area (Å²) < 4.78 is 8.66. The van der Waals surface area contributed by atoms with Gasteiger partial charge in [0.1, 0.15) is 0 Å². The van der Waals surface area contributed by atoms with Crippen molar-refractivity contribution in [2.24, 2.45) is 0 Å². The van der Waals surface area contributed by atoms with E-state index in [1.807, 2.05) is 0 Å². The van der Waals surface area contributed by atoms with Crippen molar-refractivity contribution >= 4 is 7.82 Å². The summed E-state index contributed by atoms with van der Waals surface area (Å²) in [5, 5.41) is 0. The van der Waals surface area contributed by atoms with Crippen molar-refractivity contribution in [3.63, 3.8) is 0 Å². The van der Waals surface area contributed by atoms with E-state index < -0.39 is 7.82 Å². The van der Waals surface area contributed by atoms with Gasteiger partial charge in [-0.1, -0.05) is 0 Å². The first kappa shape index (κ1) is 15.6. The molecule has 0 amide bonds. The third-order valence-corrected chi connectivity index (χ3v) is 0. The fourth-order valence-corrected chi connectivity index (χ4v) is 0. The average molecular weight is 173 g/mol. The molecule has 0 aliphatic carbocycles. The third-order valence-electron chi connectivity index (χ3n) is 0. The van der Waals surface area contributed by atoms with E-state index in [4.69, 9.17) is 19.2 Å². The van der Waals surface area contributed by atoms with Crippen molar-refractivity contribution in [2.45, 2.75) is 0 Å². The molecular formula is H3NiO5P-2. The molecule has 3 N–H and O–H groups in total. The van der Waals surface area contributed by atoms with Gasteiger partial charge in [0, 0.05) is 16.5 Å². The van der Waals surface area contributed by atoms with Gasteiger partial charge in [-0.2, -0.15) is 0 Å². The molecule has 0 aromatic heterocycles. The second kappa shape index (κ2) is 4.72. The summed E-state index contributed by atoms with van der Waals surface area (Å²) in [6.07, 6.45) is 0. The number of hydrogen-bond donors (Lipinski definition) is 1. The van der Waals surface area contributed by atoms with Gasteiger partial charge in [-0.15, -0.1) is 0 Å². The maximum absolute atomic E-state index is 8.66. The number of rotatable bonds is 0. The molecule has 0 aliphatic rings. The summed E-state index contributed by atoms with van der Waals surface area (Å²) in [6, 6.07) is 0. The van der Waals surface area contributed by atoms with E-state index in [0.717, 1.165) is 0 Å². The zero-order valence-corrected chi connectivity index (χ0v) is 4.82. The molecule has 0 fully saturated rings. The van der Waals surface area contributed by atoms with Gasteiger partial charge in [0.25, 0.3) is 0 Å². The molecule has 0 radical (unpaired) electrons. The van der Waals surface area contributed by atoms with Crippen LogP contribution in [0.4, 0.5) is 0 Å². The van der Waals surface area contributed by atoms with Crippen molar-refractivity contribution in [3.05, 3.63) is 0 Å². The van der Waals surface area contributed by atoms with Crippen LogP contribution in [-0.2, 0) is 21.1 Å².